The van der Waals surface area contributed by atoms with Crippen molar-refractivity contribution in [1.82, 2.24) is 5.32 Å². The third kappa shape index (κ3) is 2.52. The van der Waals surface area contributed by atoms with Gasteiger partial charge in [-0.1, -0.05) is 43.3 Å². The van der Waals surface area contributed by atoms with Crippen LogP contribution in [0.15, 0.2) is 42.5 Å². The van der Waals surface area contributed by atoms with Crippen LogP contribution in [0.2, 0.25) is 0 Å². The third-order valence-electron chi connectivity index (χ3n) is 2.66. The van der Waals surface area contributed by atoms with Gasteiger partial charge >= 0.3 is 0 Å². The molecule has 0 atom stereocenters. The van der Waals surface area contributed by atoms with Gasteiger partial charge in [-0.05, 0) is 18.0 Å². The molecule has 2 aromatic carbocycles. The van der Waals surface area contributed by atoms with Crippen molar-refractivity contribution in [2.75, 3.05) is 25.0 Å². The maximum absolute atomic E-state index is 3.46. The van der Waals surface area contributed by atoms with E-state index in [1.54, 1.807) is 0 Å². The van der Waals surface area contributed by atoms with Crippen LogP contribution in [0, 0.1) is 0 Å². The van der Waals surface area contributed by atoms with E-state index in [0.717, 1.165) is 19.6 Å². The lowest BCUT2D eigenvalue weighted by Crippen LogP contribution is -2.21. The average molecular weight is 214 g/mol. The highest BCUT2D eigenvalue weighted by molar-refractivity contribution is 5.93. The highest BCUT2D eigenvalue weighted by Crippen LogP contribution is 2.22. The van der Waals surface area contributed by atoms with Crippen LogP contribution in [-0.2, 0) is 0 Å². The molecule has 2 N–H and O–H groups in total. The van der Waals surface area contributed by atoms with Gasteiger partial charge in [0.1, 0.15) is 0 Å². The maximum atomic E-state index is 3.46. The van der Waals surface area contributed by atoms with Crippen molar-refractivity contribution in [3.63, 3.8) is 0 Å². The largest absolute Gasteiger partial charge is 0.383 e. The predicted molar refractivity (Wildman–Crippen MR) is 71.0 cm³/mol. The number of hydrogen-bond donors (Lipinski definition) is 2. The molecule has 0 aliphatic rings. The topological polar surface area (TPSA) is 24.1 Å². The third-order valence-corrected chi connectivity index (χ3v) is 2.66. The zero-order valence-corrected chi connectivity index (χ0v) is 9.66. The number of likely N-dealkylation sites (N-methyl/N-ethyl adjacent to an activating group) is 1. The van der Waals surface area contributed by atoms with Gasteiger partial charge in [0.15, 0.2) is 0 Å². The molecule has 0 aliphatic carbocycles. The molecule has 84 valence electrons. The lowest BCUT2D eigenvalue weighted by Gasteiger charge is -2.09. The first kappa shape index (κ1) is 11.0. The van der Waals surface area contributed by atoms with Gasteiger partial charge in [0.05, 0.1) is 0 Å². The summed E-state index contributed by atoms with van der Waals surface area (Å²) in [6.07, 6.45) is 0. The molecule has 0 unspecified atom stereocenters. The fourth-order valence-corrected chi connectivity index (χ4v) is 1.84. The number of hydrogen-bond acceptors (Lipinski definition) is 2. The Kier molecular flexibility index (Phi) is 3.78. The summed E-state index contributed by atoms with van der Waals surface area (Å²) in [6, 6.07) is 14.8. The molecule has 0 aliphatic heterocycles. The second kappa shape index (κ2) is 5.52. The number of benzene rings is 2. The van der Waals surface area contributed by atoms with Gasteiger partial charge in [0.2, 0.25) is 0 Å². The number of fused-ring (bicyclic) bond motifs is 1. The molecule has 0 amide bonds. The molecule has 0 radical (unpaired) electrons. The molecule has 2 aromatic rings. The first-order valence-electron chi connectivity index (χ1n) is 5.84. The first-order valence-corrected chi connectivity index (χ1v) is 5.84. The summed E-state index contributed by atoms with van der Waals surface area (Å²) >= 11 is 0. The van der Waals surface area contributed by atoms with E-state index in [2.05, 4.69) is 60.0 Å². The van der Waals surface area contributed by atoms with Crippen LogP contribution < -0.4 is 10.6 Å². The molecule has 2 nitrogen and oxygen atoms in total. The minimum Gasteiger partial charge on any atom is -0.383 e. The van der Waals surface area contributed by atoms with Crippen LogP contribution in [0.1, 0.15) is 6.92 Å². The smallest absolute Gasteiger partial charge is 0.0420 e. The molecule has 0 fully saturated rings. The van der Waals surface area contributed by atoms with Gasteiger partial charge in [0.25, 0.3) is 0 Å². The van der Waals surface area contributed by atoms with Gasteiger partial charge in [-0.3, -0.25) is 0 Å². The Morgan fingerprint density at radius 1 is 0.938 bits per heavy atom. The first-order chi connectivity index (χ1) is 7.92. The van der Waals surface area contributed by atoms with Crippen molar-refractivity contribution < 1.29 is 0 Å². The van der Waals surface area contributed by atoms with Crippen molar-refractivity contribution in [3.8, 4) is 0 Å². The quantitative estimate of drug-likeness (QED) is 0.748. The van der Waals surface area contributed by atoms with Crippen molar-refractivity contribution >= 4 is 16.5 Å². The molecule has 0 spiro atoms. The van der Waals surface area contributed by atoms with E-state index in [4.69, 9.17) is 0 Å². The van der Waals surface area contributed by atoms with Crippen LogP contribution in [0.25, 0.3) is 10.8 Å². The van der Waals surface area contributed by atoms with Gasteiger partial charge in [0, 0.05) is 24.2 Å². The molecule has 16 heavy (non-hydrogen) atoms. The van der Waals surface area contributed by atoms with Gasteiger partial charge < -0.3 is 10.6 Å². The lowest BCUT2D eigenvalue weighted by molar-refractivity contribution is 0.739. The van der Waals surface area contributed by atoms with Crippen LogP contribution >= 0.6 is 0 Å². The second-order valence-electron chi connectivity index (χ2n) is 3.81. The van der Waals surface area contributed by atoms with Gasteiger partial charge in [-0.25, -0.2) is 0 Å². The Labute approximate surface area is 96.7 Å². The van der Waals surface area contributed by atoms with Crippen LogP contribution in [-0.4, -0.2) is 19.6 Å². The summed E-state index contributed by atoms with van der Waals surface area (Å²) in [5.41, 5.74) is 1.22. The fraction of sp³-hybridized carbons (Fsp3) is 0.286. The van der Waals surface area contributed by atoms with Gasteiger partial charge in [-0.15, -0.1) is 0 Å². The molecule has 0 saturated heterocycles. The Morgan fingerprint density at radius 2 is 1.75 bits per heavy atom. The summed E-state index contributed by atoms with van der Waals surface area (Å²) in [5.74, 6) is 0. The molecule has 0 bridgehead atoms. The Bertz CT molecular complexity index is 446. The molecule has 2 heteroatoms. The molecule has 0 saturated carbocycles. The maximum Gasteiger partial charge on any atom is 0.0420 e. The molecule has 0 heterocycles. The van der Waals surface area contributed by atoms with Crippen molar-refractivity contribution in [2.24, 2.45) is 0 Å². The van der Waals surface area contributed by atoms with Crippen molar-refractivity contribution in [2.45, 2.75) is 6.92 Å². The summed E-state index contributed by atoms with van der Waals surface area (Å²) in [7, 11) is 0. The summed E-state index contributed by atoms with van der Waals surface area (Å²) < 4.78 is 0. The van der Waals surface area contributed by atoms with E-state index >= 15 is 0 Å². The highest BCUT2D eigenvalue weighted by atomic mass is 14.9. The second-order valence-corrected chi connectivity index (χ2v) is 3.81. The predicted octanol–water partition coefficient (Wildman–Crippen LogP) is 2.86. The standard InChI is InChI=1S/C14H18N2/c1-2-15-10-11-16-14-9-5-7-12-6-3-4-8-13(12)14/h3-9,15-16H,2,10-11H2,1H3. The van der Waals surface area contributed by atoms with Crippen LogP contribution in [0.5, 0.6) is 0 Å². The van der Waals surface area contributed by atoms with E-state index in [0.29, 0.717) is 0 Å². The van der Waals surface area contributed by atoms with E-state index in [-0.39, 0.29) is 0 Å². The van der Waals surface area contributed by atoms with E-state index < -0.39 is 0 Å². The summed E-state index contributed by atoms with van der Waals surface area (Å²) in [5, 5.41) is 9.34. The van der Waals surface area contributed by atoms with E-state index in [9.17, 15) is 0 Å². The molecule has 0 aromatic heterocycles. The minimum atomic E-state index is 0.960. The fourth-order valence-electron chi connectivity index (χ4n) is 1.84. The average Bonchev–Trinajstić information content (AvgIpc) is 2.35. The summed E-state index contributed by atoms with van der Waals surface area (Å²) in [6.45, 7) is 5.11. The van der Waals surface area contributed by atoms with Crippen LogP contribution in [0.4, 0.5) is 5.69 Å². The highest BCUT2D eigenvalue weighted by Gasteiger charge is 1.98. The zero-order valence-electron chi connectivity index (χ0n) is 9.66. The molecular formula is C14H18N2. The number of anilines is 1. The Hall–Kier alpha value is -1.54. The van der Waals surface area contributed by atoms with Crippen molar-refractivity contribution in [3.05, 3.63) is 42.5 Å². The SMILES string of the molecule is CCNCCNc1cccc2ccccc12. The number of nitrogens with one attached hydrogen (secondary N) is 2. The Balaban J connectivity index is 2.11. The Morgan fingerprint density at radius 3 is 2.62 bits per heavy atom. The zero-order chi connectivity index (χ0) is 11.2. The number of rotatable bonds is 5. The van der Waals surface area contributed by atoms with Gasteiger partial charge in [-0.2, -0.15) is 0 Å². The minimum absolute atomic E-state index is 0.960. The van der Waals surface area contributed by atoms with E-state index in [1.807, 2.05) is 0 Å². The molecule has 2 rings (SSSR count). The molecular weight excluding hydrogens is 196 g/mol. The lowest BCUT2D eigenvalue weighted by atomic mass is 10.1. The monoisotopic (exact) mass is 214 g/mol. The normalized spacial score (nSPS) is 10.6. The van der Waals surface area contributed by atoms with E-state index in [1.165, 1.54) is 16.5 Å². The van der Waals surface area contributed by atoms with Crippen LogP contribution in [0.3, 0.4) is 0 Å². The summed E-state index contributed by atoms with van der Waals surface area (Å²) in [4.78, 5) is 0. The van der Waals surface area contributed by atoms with Crippen molar-refractivity contribution in [1.29, 1.82) is 0 Å².